The zero-order valence-corrected chi connectivity index (χ0v) is 13.7. The molecule has 1 aliphatic heterocycles. The summed E-state index contributed by atoms with van der Waals surface area (Å²) in [4.78, 5) is 11.9. The third-order valence-electron chi connectivity index (χ3n) is 3.92. The molecule has 0 bridgehead atoms. The van der Waals surface area contributed by atoms with Crippen molar-refractivity contribution in [3.8, 4) is 0 Å². The fraction of sp³-hybridized carbons (Fsp3) is 0.158. The van der Waals surface area contributed by atoms with E-state index in [0.29, 0.717) is 0 Å². The van der Waals surface area contributed by atoms with Gasteiger partial charge in [0.2, 0.25) is 0 Å². The summed E-state index contributed by atoms with van der Waals surface area (Å²) in [5.41, 5.74) is 7.59. The molecule has 0 saturated carbocycles. The number of nitrogens with one attached hydrogen (secondary N) is 3. The second-order valence-electron chi connectivity index (χ2n) is 5.66. The van der Waals surface area contributed by atoms with Crippen LogP contribution in [-0.2, 0) is 0 Å². The van der Waals surface area contributed by atoms with Gasteiger partial charge in [-0.05, 0) is 31.5 Å². The molecule has 0 radical (unpaired) electrons. The van der Waals surface area contributed by atoms with Gasteiger partial charge < -0.3 is 10.6 Å². The first-order chi connectivity index (χ1) is 11.6. The number of para-hydroxylation sites is 1. The van der Waals surface area contributed by atoms with Gasteiger partial charge in [0.05, 0.1) is 17.4 Å². The van der Waals surface area contributed by atoms with Crippen molar-refractivity contribution in [3.05, 3.63) is 77.5 Å². The number of nitrogens with zero attached hydrogens (tertiary/aromatic N) is 1. The van der Waals surface area contributed by atoms with E-state index in [-0.39, 0.29) is 12.1 Å². The quantitative estimate of drug-likeness (QED) is 0.592. The Morgan fingerprint density at radius 3 is 2.33 bits per heavy atom. The zero-order chi connectivity index (χ0) is 16.9. The molecule has 5 heteroatoms. The Bertz CT molecular complexity index is 782. The topological polar surface area (TPSA) is 65.5 Å². The molecule has 0 aliphatic carbocycles. The zero-order valence-electron chi connectivity index (χ0n) is 13.7. The van der Waals surface area contributed by atoms with Crippen molar-refractivity contribution in [2.45, 2.75) is 19.9 Å². The van der Waals surface area contributed by atoms with E-state index in [1.54, 1.807) is 0 Å². The van der Waals surface area contributed by atoms with Gasteiger partial charge in [0, 0.05) is 11.3 Å². The average Bonchev–Trinajstić information content (AvgIpc) is 2.60. The number of hydrogen-bond donors (Lipinski definition) is 3. The lowest BCUT2D eigenvalue weighted by molar-refractivity contribution is 0.239. The van der Waals surface area contributed by atoms with Crippen LogP contribution in [-0.4, -0.2) is 11.7 Å². The maximum absolute atomic E-state index is 11.9. The van der Waals surface area contributed by atoms with Crippen molar-refractivity contribution in [2.75, 3.05) is 5.43 Å². The molecule has 0 spiro atoms. The second kappa shape index (κ2) is 7.00. The lowest BCUT2D eigenvalue weighted by Gasteiger charge is -2.29. The summed E-state index contributed by atoms with van der Waals surface area (Å²) in [6.07, 6.45) is 0. The molecule has 122 valence electrons. The van der Waals surface area contributed by atoms with E-state index < -0.39 is 0 Å². The van der Waals surface area contributed by atoms with Crippen LogP contribution in [0.3, 0.4) is 0 Å². The number of anilines is 1. The predicted molar refractivity (Wildman–Crippen MR) is 96.7 cm³/mol. The van der Waals surface area contributed by atoms with Gasteiger partial charge >= 0.3 is 6.03 Å². The first kappa shape index (κ1) is 15.8. The molecule has 0 saturated heterocycles. The third kappa shape index (κ3) is 3.46. The number of rotatable bonds is 4. The molecule has 5 nitrogen and oxygen atoms in total. The molecule has 3 N–H and O–H groups in total. The number of benzene rings is 2. The molecule has 0 fully saturated rings. The minimum Gasteiger partial charge on any atom is -0.327 e. The molecule has 1 heterocycles. The van der Waals surface area contributed by atoms with E-state index in [4.69, 9.17) is 0 Å². The SMILES string of the molecule is CC1=C(/C(C)=N/Nc2ccccc2)[C@@H](c2ccccc2)NC(=O)N1. The monoisotopic (exact) mass is 320 g/mol. The van der Waals surface area contributed by atoms with Crippen molar-refractivity contribution in [1.29, 1.82) is 0 Å². The van der Waals surface area contributed by atoms with E-state index in [9.17, 15) is 4.79 Å². The lowest BCUT2D eigenvalue weighted by atomic mass is 9.93. The molecule has 24 heavy (non-hydrogen) atoms. The minimum atomic E-state index is -0.221. The molecule has 2 aromatic carbocycles. The van der Waals surface area contributed by atoms with Crippen molar-refractivity contribution < 1.29 is 4.79 Å². The molecule has 1 atom stereocenters. The number of urea groups is 1. The van der Waals surface area contributed by atoms with Gasteiger partial charge in [0.15, 0.2) is 0 Å². The van der Waals surface area contributed by atoms with Crippen LogP contribution in [0.4, 0.5) is 10.5 Å². The van der Waals surface area contributed by atoms with Crippen molar-refractivity contribution in [3.63, 3.8) is 0 Å². The Morgan fingerprint density at radius 1 is 1.04 bits per heavy atom. The van der Waals surface area contributed by atoms with Crippen LogP contribution in [0.15, 0.2) is 77.0 Å². The summed E-state index contributed by atoms with van der Waals surface area (Å²) < 4.78 is 0. The highest BCUT2D eigenvalue weighted by Gasteiger charge is 2.28. The first-order valence-electron chi connectivity index (χ1n) is 7.84. The minimum absolute atomic E-state index is 0.200. The van der Waals surface area contributed by atoms with E-state index in [1.807, 2.05) is 74.5 Å². The van der Waals surface area contributed by atoms with Gasteiger partial charge in [-0.1, -0.05) is 48.5 Å². The maximum Gasteiger partial charge on any atom is 0.319 e. The Kier molecular flexibility index (Phi) is 4.61. The van der Waals surface area contributed by atoms with Gasteiger partial charge in [-0.25, -0.2) is 4.79 Å². The molecule has 3 rings (SSSR count). The van der Waals surface area contributed by atoms with Gasteiger partial charge in [0.1, 0.15) is 0 Å². The highest BCUT2D eigenvalue weighted by Crippen LogP contribution is 2.27. The van der Waals surface area contributed by atoms with E-state index in [1.165, 1.54) is 0 Å². The number of carbonyl (C=O) groups excluding carboxylic acids is 1. The van der Waals surface area contributed by atoms with Crippen LogP contribution >= 0.6 is 0 Å². The van der Waals surface area contributed by atoms with Crippen LogP contribution in [0.5, 0.6) is 0 Å². The summed E-state index contributed by atoms with van der Waals surface area (Å²) in [7, 11) is 0. The second-order valence-corrected chi connectivity index (χ2v) is 5.66. The summed E-state index contributed by atoms with van der Waals surface area (Å²) in [6.45, 7) is 3.83. The van der Waals surface area contributed by atoms with E-state index in [2.05, 4.69) is 21.2 Å². The van der Waals surface area contributed by atoms with Crippen LogP contribution in [0, 0.1) is 0 Å². The van der Waals surface area contributed by atoms with Gasteiger partial charge in [-0.15, -0.1) is 0 Å². The smallest absolute Gasteiger partial charge is 0.319 e. The number of amides is 2. The predicted octanol–water partition coefficient (Wildman–Crippen LogP) is 3.80. The van der Waals surface area contributed by atoms with Crippen LogP contribution in [0.25, 0.3) is 0 Å². The standard InChI is InChI=1S/C19H20N4O/c1-13-17(14(2)22-23-16-11-7-4-8-12-16)18(21-19(24)20-13)15-9-5-3-6-10-15/h3-12,18,23H,1-2H3,(H2,20,21,24)/b22-14+/t18-/m1/s1. The Hall–Kier alpha value is -3.08. The largest absolute Gasteiger partial charge is 0.327 e. The number of carbonyl (C=O) groups is 1. The molecule has 2 amide bonds. The molecule has 0 unspecified atom stereocenters. The summed E-state index contributed by atoms with van der Waals surface area (Å²) in [5, 5.41) is 10.3. The number of hydrogen-bond acceptors (Lipinski definition) is 3. The van der Waals surface area contributed by atoms with Crippen LogP contribution in [0.1, 0.15) is 25.5 Å². The molecule has 0 aromatic heterocycles. The van der Waals surface area contributed by atoms with E-state index >= 15 is 0 Å². The van der Waals surface area contributed by atoms with Gasteiger partial charge in [-0.3, -0.25) is 5.43 Å². The van der Waals surface area contributed by atoms with Crippen LogP contribution < -0.4 is 16.1 Å². The first-order valence-corrected chi connectivity index (χ1v) is 7.84. The fourth-order valence-corrected chi connectivity index (χ4v) is 2.79. The van der Waals surface area contributed by atoms with Crippen molar-refractivity contribution >= 4 is 17.4 Å². The molecular formula is C19H20N4O. The summed E-state index contributed by atoms with van der Waals surface area (Å²) in [6, 6.07) is 19.2. The molecule has 1 aliphatic rings. The fourth-order valence-electron chi connectivity index (χ4n) is 2.79. The third-order valence-corrected chi connectivity index (χ3v) is 3.92. The summed E-state index contributed by atoms with van der Waals surface area (Å²) in [5.74, 6) is 0. The normalized spacial score (nSPS) is 18.0. The maximum atomic E-state index is 11.9. The Balaban J connectivity index is 1.92. The van der Waals surface area contributed by atoms with Crippen molar-refractivity contribution in [1.82, 2.24) is 10.6 Å². The Morgan fingerprint density at radius 2 is 1.67 bits per heavy atom. The summed E-state index contributed by atoms with van der Waals surface area (Å²) >= 11 is 0. The highest BCUT2D eigenvalue weighted by atomic mass is 16.2. The molecular weight excluding hydrogens is 300 g/mol. The van der Waals surface area contributed by atoms with Gasteiger partial charge in [-0.2, -0.15) is 5.10 Å². The highest BCUT2D eigenvalue weighted by molar-refractivity contribution is 6.02. The van der Waals surface area contributed by atoms with Crippen LogP contribution in [0.2, 0.25) is 0 Å². The lowest BCUT2D eigenvalue weighted by Crippen LogP contribution is -2.44. The van der Waals surface area contributed by atoms with Crippen molar-refractivity contribution in [2.24, 2.45) is 5.10 Å². The number of hydrazone groups is 1. The average molecular weight is 320 g/mol. The Labute approximate surface area is 141 Å². The van der Waals surface area contributed by atoms with E-state index in [0.717, 1.165) is 28.2 Å². The molecule has 2 aromatic rings. The number of allylic oxidation sites excluding steroid dienone is 1. The van der Waals surface area contributed by atoms with Gasteiger partial charge in [0.25, 0.3) is 0 Å².